The Morgan fingerprint density at radius 2 is 1.00 bits per heavy atom. The monoisotopic (exact) mass is 642 g/mol. The van der Waals surface area contributed by atoms with Crippen LogP contribution >= 0.6 is 0 Å². The molecule has 3 aromatic heterocycles. The minimum absolute atomic E-state index is 0.125. The van der Waals surface area contributed by atoms with Crippen LogP contribution in [-0.2, 0) is 5.41 Å². The normalized spacial score (nSPS) is 13.2. The minimum Gasteiger partial charge on any atom is -0.454 e. The third-order valence-corrected chi connectivity index (χ3v) is 10.1. The SMILES string of the molecule is CC1(C)c2ccccc2-c2ccc(-c3nc(-c4ccccc4)nc(-c4ccc(-c5nc6c7ccccc7oc6c6ccccc56)cc4)n3)cc21. The van der Waals surface area contributed by atoms with Crippen LogP contribution in [0.25, 0.3) is 89.4 Å². The number of para-hydroxylation sites is 1. The molecule has 0 aliphatic heterocycles. The van der Waals surface area contributed by atoms with Gasteiger partial charge in [0.1, 0.15) is 11.1 Å². The summed E-state index contributed by atoms with van der Waals surface area (Å²) in [4.78, 5) is 20.3. The topological polar surface area (TPSA) is 64.7 Å². The lowest BCUT2D eigenvalue weighted by Gasteiger charge is -2.21. The molecule has 0 fully saturated rings. The first-order valence-corrected chi connectivity index (χ1v) is 16.9. The molecule has 0 atom stereocenters. The number of rotatable bonds is 4. The van der Waals surface area contributed by atoms with Gasteiger partial charge in [0, 0.05) is 43.8 Å². The largest absolute Gasteiger partial charge is 0.454 e. The Kier molecular flexibility index (Phi) is 6.15. The second-order valence-corrected chi connectivity index (χ2v) is 13.5. The van der Waals surface area contributed by atoms with Crippen molar-refractivity contribution in [3.63, 3.8) is 0 Å². The first-order valence-electron chi connectivity index (χ1n) is 16.9. The molecule has 236 valence electrons. The van der Waals surface area contributed by atoms with Crippen LogP contribution in [0.3, 0.4) is 0 Å². The highest BCUT2D eigenvalue weighted by molar-refractivity contribution is 6.16. The highest BCUT2D eigenvalue weighted by Gasteiger charge is 2.35. The van der Waals surface area contributed by atoms with Crippen molar-refractivity contribution in [1.29, 1.82) is 0 Å². The second kappa shape index (κ2) is 10.8. The molecule has 0 N–H and O–H groups in total. The van der Waals surface area contributed by atoms with Gasteiger partial charge in [-0.3, -0.25) is 0 Å². The summed E-state index contributed by atoms with van der Waals surface area (Å²) in [6, 6.07) is 50.2. The summed E-state index contributed by atoms with van der Waals surface area (Å²) >= 11 is 0. The molecule has 10 rings (SSSR count). The Bertz CT molecular complexity index is 2780. The Morgan fingerprint density at radius 1 is 0.440 bits per heavy atom. The molecule has 1 aliphatic rings. The van der Waals surface area contributed by atoms with Crippen molar-refractivity contribution in [3.8, 4) is 56.5 Å². The van der Waals surface area contributed by atoms with Gasteiger partial charge in [0.15, 0.2) is 23.1 Å². The Morgan fingerprint density at radius 3 is 1.78 bits per heavy atom. The van der Waals surface area contributed by atoms with Gasteiger partial charge in [-0.15, -0.1) is 0 Å². The lowest BCUT2D eigenvalue weighted by Crippen LogP contribution is -2.15. The zero-order chi connectivity index (χ0) is 33.4. The van der Waals surface area contributed by atoms with Crippen LogP contribution in [0, 0.1) is 0 Å². The summed E-state index contributed by atoms with van der Waals surface area (Å²) in [5.41, 5.74) is 12.3. The number of furan rings is 1. The van der Waals surface area contributed by atoms with Gasteiger partial charge in [-0.2, -0.15) is 0 Å². The Labute approximate surface area is 289 Å². The summed E-state index contributed by atoms with van der Waals surface area (Å²) in [7, 11) is 0. The molecule has 0 saturated carbocycles. The highest BCUT2D eigenvalue weighted by atomic mass is 16.3. The zero-order valence-electron chi connectivity index (χ0n) is 27.6. The van der Waals surface area contributed by atoms with Crippen molar-refractivity contribution < 1.29 is 4.42 Å². The maximum atomic E-state index is 6.30. The molecule has 0 spiro atoms. The molecule has 3 heterocycles. The van der Waals surface area contributed by atoms with Gasteiger partial charge < -0.3 is 4.42 Å². The molecular weight excluding hydrogens is 613 g/mol. The minimum atomic E-state index is -0.125. The van der Waals surface area contributed by atoms with Crippen molar-refractivity contribution in [2.75, 3.05) is 0 Å². The molecule has 9 aromatic rings. The van der Waals surface area contributed by atoms with Crippen LogP contribution < -0.4 is 0 Å². The number of fused-ring (bicyclic) bond motifs is 8. The van der Waals surface area contributed by atoms with Crippen LogP contribution in [0.1, 0.15) is 25.0 Å². The van der Waals surface area contributed by atoms with E-state index in [4.69, 9.17) is 24.4 Å². The maximum Gasteiger partial charge on any atom is 0.164 e. The second-order valence-electron chi connectivity index (χ2n) is 13.5. The van der Waals surface area contributed by atoms with Crippen molar-refractivity contribution in [2.45, 2.75) is 19.3 Å². The summed E-state index contributed by atoms with van der Waals surface area (Å²) in [6.45, 7) is 4.59. The van der Waals surface area contributed by atoms with Gasteiger partial charge in [-0.1, -0.05) is 141 Å². The van der Waals surface area contributed by atoms with Crippen LogP contribution in [0.5, 0.6) is 0 Å². The lowest BCUT2D eigenvalue weighted by atomic mass is 9.82. The summed E-state index contributed by atoms with van der Waals surface area (Å²) < 4.78 is 6.30. The van der Waals surface area contributed by atoms with E-state index in [0.29, 0.717) is 17.5 Å². The first-order chi connectivity index (χ1) is 24.5. The smallest absolute Gasteiger partial charge is 0.164 e. The molecular formula is C45H30N4O. The van der Waals surface area contributed by atoms with Crippen LogP contribution in [0.15, 0.2) is 150 Å². The van der Waals surface area contributed by atoms with E-state index < -0.39 is 0 Å². The molecule has 5 nitrogen and oxygen atoms in total. The molecule has 5 heteroatoms. The molecule has 0 radical (unpaired) electrons. The van der Waals surface area contributed by atoms with E-state index in [1.54, 1.807) is 0 Å². The third kappa shape index (κ3) is 4.33. The van der Waals surface area contributed by atoms with Gasteiger partial charge >= 0.3 is 0 Å². The number of benzene rings is 6. The molecule has 1 aliphatic carbocycles. The highest BCUT2D eigenvalue weighted by Crippen LogP contribution is 2.49. The first kappa shape index (κ1) is 28.5. The molecule has 0 amide bonds. The molecule has 0 saturated heterocycles. The number of aromatic nitrogens is 4. The quantitative estimate of drug-likeness (QED) is 0.191. The molecule has 50 heavy (non-hydrogen) atoms. The van der Waals surface area contributed by atoms with Crippen molar-refractivity contribution in [1.82, 2.24) is 19.9 Å². The average molecular weight is 643 g/mol. The Hall–Kier alpha value is -6.46. The molecule has 0 bridgehead atoms. The van der Waals surface area contributed by atoms with E-state index in [-0.39, 0.29) is 5.41 Å². The standard InChI is InChI=1S/C45H30N4O/c1-45(2)36-18-10-8-14-31(36)32-25-24-30(26-37(32)45)44-48-42(28-12-4-3-5-13-28)47-43(49-44)29-22-20-27(21-23-29)39-33-15-6-7-16-34(33)41-40(46-39)35-17-9-11-19-38(35)50-41/h3-26H,1-2H3. The number of nitrogens with zero attached hydrogens (tertiary/aromatic N) is 4. The Balaban J connectivity index is 1.10. The summed E-state index contributed by atoms with van der Waals surface area (Å²) in [5, 5.41) is 3.10. The van der Waals surface area contributed by atoms with Gasteiger partial charge in [0.05, 0.1) is 5.69 Å². The van der Waals surface area contributed by atoms with Crippen molar-refractivity contribution in [3.05, 3.63) is 157 Å². The lowest BCUT2D eigenvalue weighted by molar-refractivity contribution is 0.660. The van der Waals surface area contributed by atoms with E-state index in [1.807, 2.05) is 60.7 Å². The zero-order valence-corrected chi connectivity index (χ0v) is 27.6. The van der Waals surface area contributed by atoms with Crippen molar-refractivity contribution >= 4 is 32.8 Å². The number of hydrogen-bond donors (Lipinski definition) is 0. The van der Waals surface area contributed by atoms with Gasteiger partial charge in [-0.05, 0) is 40.5 Å². The maximum absolute atomic E-state index is 6.30. The predicted molar refractivity (Wildman–Crippen MR) is 202 cm³/mol. The van der Waals surface area contributed by atoms with Gasteiger partial charge in [-0.25, -0.2) is 19.9 Å². The van der Waals surface area contributed by atoms with Crippen LogP contribution in [0.2, 0.25) is 0 Å². The predicted octanol–water partition coefficient (Wildman–Crippen LogP) is 11.3. The van der Waals surface area contributed by atoms with Crippen LogP contribution in [0.4, 0.5) is 0 Å². The fraction of sp³-hybridized carbons (Fsp3) is 0.0667. The van der Waals surface area contributed by atoms with E-state index in [0.717, 1.165) is 60.8 Å². The van der Waals surface area contributed by atoms with Crippen molar-refractivity contribution in [2.24, 2.45) is 0 Å². The van der Waals surface area contributed by atoms with E-state index in [1.165, 1.54) is 22.3 Å². The molecule has 6 aromatic carbocycles. The van der Waals surface area contributed by atoms with E-state index in [9.17, 15) is 0 Å². The fourth-order valence-corrected chi connectivity index (χ4v) is 7.58. The summed E-state index contributed by atoms with van der Waals surface area (Å²) in [6.07, 6.45) is 0. The number of hydrogen-bond acceptors (Lipinski definition) is 5. The molecule has 0 unspecified atom stereocenters. The van der Waals surface area contributed by atoms with Gasteiger partial charge in [0.25, 0.3) is 0 Å². The summed E-state index contributed by atoms with van der Waals surface area (Å²) in [5.74, 6) is 1.91. The average Bonchev–Trinajstić information content (AvgIpc) is 3.67. The number of pyridine rings is 1. The van der Waals surface area contributed by atoms with E-state index in [2.05, 4.69) is 98.8 Å². The van der Waals surface area contributed by atoms with Gasteiger partial charge in [0.2, 0.25) is 0 Å². The fourth-order valence-electron chi connectivity index (χ4n) is 7.58. The van der Waals surface area contributed by atoms with Crippen LogP contribution in [-0.4, -0.2) is 19.9 Å². The van der Waals surface area contributed by atoms with E-state index >= 15 is 0 Å². The third-order valence-electron chi connectivity index (χ3n) is 10.1.